The summed E-state index contributed by atoms with van der Waals surface area (Å²) in [6.07, 6.45) is 0. The number of benzene rings is 3. The van der Waals surface area contributed by atoms with Crippen LogP contribution in [0.25, 0.3) is 45.0 Å². The van der Waals surface area contributed by atoms with Gasteiger partial charge in [0.15, 0.2) is 11.1 Å². The van der Waals surface area contributed by atoms with E-state index in [0.717, 1.165) is 4.57 Å². The molecule has 0 aliphatic heterocycles. The zero-order valence-corrected chi connectivity index (χ0v) is 18.6. The second-order valence-electron chi connectivity index (χ2n) is 8.06. The zero-order valence-electron chi connectivity index (χ0n) is 18.6. The van der Waals surface area contributed by atoms with E-state index in [1.165, 1.54) is 16.2 Å². The lowest BCUT2D eigenvalue weighted by Gasteiger charge is -2.16. The van der Waals surface area contributed by atoms with Gasteiger partial charge < -0.3 is 4.42 Å². The summed E-state index contributed by atoms with van der Waals surface area (Å²) in [7, 11) is 1.52. The molecule has 0 saturated heterocycles. The van der Waals surface area contributed by atoms with Crippen LogP contribution in [0.5, 0.6) is 0 Å². The Morgan fingerprint density at radius 1 is 0.686 bits per heavy atom. The Morgan fingerprint density at radius 2 is 1.23 bits per heavy atom. The fraction of sp³-hybridized carbons (Fsp3) is 0.0370. The minimum Gasteiger partial charge on any atom is -0.435 e. The van der Waals surface area contributed by atoms with E-state index in [0.29, 0.717) is 16.9 Å². The van der Waals surface area contributed by atoms with Gasteiger partial charge in [0.2, 0.25) is 5.89 Å². The molecule has 0 unspecified atom stereocenters. The van der Waals surface area contributed by atoms with Gasteiger partial charge in [-0.25, -0.2) is 18.9 Å². The first-order valence-corrected chi connectivity index (χ1v) is 10.9. The van der Waals surface area contributed by atoms with Gasteiger partial charge in [-0.2, -0.15) is 0 Å². The van der Waals surface area contributed by atoms with Crippen molar-refractivity contribution in [3.05, 3.63) is 122 Å². The Morgan fingerprint density at radius 3 is 1.83 bits per heavy atom. The van der Waals surface area contributed by atoms with Crippen molar-refractivity contribution in [2.45, 2.75) is 0 Å². The smallest absolute Gasteiger partial charge is 0.341 e. The molecule has 6 rings (SSSR count). The van der Waals surface area contributed by atoms with Gasteiger partial charge in [0, 0.05) is 12.6 Å². The Kier molecular flexibility index (Phi) is 4.60. The van der Waals surface area contributed by atoms with Crippen LogP contribution in [0.15, 0.2) is 110 Å². The first-order chi connectivity index (χ1) is 17.1. The molecule has 170 valence electrons. The molecule has 0 saturated carbocycles. The van der Waals surface area contributed by atoms with E-state index in [1.807, 2.05) is 24.3 Å². The minimum absolute atomic E-state index is 0.0221. The molecule has 0 radical (unpaired) electrons. The van der Waals surface area contributed by atoms with Crippen LogP contribution in [0.3, 0.4) is 0 Å². The molecule has 0 spiro atoms. The quantitative estimate of drug-likeness (QED) is 0.400. The molecule has 0 aliphatic carbocycles. The van der Waals surface area contributed by atoms with Crippen LogP contribution in [-0.2, 0) is 7.05 Å². The van der Waals surface area contributed by atoms with E-state index in [9.17, 15) is 14.4 Å². The average Bonchev–Trinajstić information content (AvgIpc) is 3.34. The van der Waals surface area contributed by atoms with Gasteiger partial charge in [-0.3, -0.25) is 14.2 Å². The number of para-hydroxylation sites is 2. The van der Waals surface area contributed by atoms with E-state index < -0.39 is 16.8 Å². The second kappa shape index (κ2) is 7.81. The van der Waals surface area contributed by atoms with Gasteiger partial charge in [-0.15, -0.1) is 0 Å². The van der Waals surface area contributed by atoms with Gasteiger partial charge >= 0.3 is 5.69 Å². The first kappa shape index (κ1) is 20.6. The minimum atomic E-state index is -0.600. The van der Waals surface area contributed by atoms with Crippen LogP contribution >= 0.6 is 0 Å². The summed E-state index contributed by atoms with van der Waals surface area (Å²) in [5.41, 5.74) is 0.0971. The summed E-state index contributed by atoms with van der Waals surface area (Å²) >= 11 is 0. The summed E-state index contributed by atoms with van der Waals surface area (Å²) in [6, 6.07) is 26.7. The Hall–Kier alpha value is -4.98. The maximum absolute atomic E-state index is 13.9. The lowest BCUT2D eigenvalue weighted by molar-refractivity contribution is 0.621. The van der Waals surface area contributed by atoms with E-state index in [2.05, 4.69) is 4.98 Å². The standard InChI is InChI=1S/C27H18N4O4/c1-29-24-20(22-21(26(29)33)28-23(35-22)17-11-5-2-6-12-17)25(32)31(19-15-9-4-10-16-19)27(34)30(24)18-13-7-3-8-14-18/h2-16H,1H3. The molecule has 0 bridgehead atoms. The third kappa shape index (κ3) is 3.07. The van der Waals surface area contributed by atoms with Crippen molar-refractivity contribution in [2.24, 2.45) is 7.05 Å². The fourth-order valence-corrected chi connectivity index (χ4v) is 4.32. The van der Waals surface area contributed by atoms with Crippen LogP contribution in [0.2, 0.25) is 0 Å². The number of aryl methyl sites for hydroxylation is 1. The van der Waals surface area contributed by atoms with Crippen molar-refractivity contribution in [1.82, 2.24) is 18.7 Å². The number of hydrogen-bond donors (Lipinski definition) is 0. The molecule has 3 heterocycles. The summed E-state index contributed by atoms with van der Waals surface area (Å²) in [5, 5.41) is 0.0871. The highest BCUT2D eigenvalue weighted by Crippen LogP contribution is 2.27. The van der Waals surface area contributed by atoms with E-state index in [-0.39, 0.29) is 28.0 Å². The lowest BCUT2D eigenvalue weighted by atomic mass is 10.2. The summed E-state index contributed by atoms with van der Waals surface area (Å²) < 4.78 is 9.77. The molecule has 3 aromatic carbocycles. The molecule has 8 heteroatoms. The van der Waals surface area contributed by atoms with Crippen molar-refractivity contribution in [2.75, 3.05) is 0 Å². The first-order valence-electron chi connectivity index (χ1n) is 10.9. The largest absolute Gasteiger partial charge is 0.435 e. The Balaban J connectivity index is 1.87. The van der Waals surface area contributed by atoms with Crippen LogP contribution < -0.4 is 16.8 Å². The highest BCUT2D eigenvalue weighted by atomic mass is 16.3. The average molecular weight is 462 g/mol. The number of aromatic nitrogens is 4. The van der Waals surface area contributed by atoms with E-state index in [1.54, 1.807) is 66.7 Å². The number of oxazole rings is 1. The van der Waals surface area contributed by atoms with E-state index >= 15 is 0 Å². The summed E-state index contributed by atoms with van der Waals surface area (Å²) in [4.78, 5) is 45.5. The normalized spacial score (nSPS) is 11.3. The van der Waals surface area contributed by atoms with Crippen molar-refractivity contribution >= 4 is 22.1 Å². The summed E-state index contributed by atoms with van der Waals surface area (Å²) in [5.74, 6) is 0.216. The fourth-order valence-electron chi connectivity index (χ4n) is 4.32. The molecule has 0 N–H and O–H groups in total. The van der Waals surface area contributed by atoms with Gasteiger partial charge in [-0.1, -0.05) is 54.6 Å². The van der Waals surface area contributed by atoms with Crippen LogP contribution in [0.1, 0.15) is 0 Å². The van der Waals surface area contributed by atoms with Crippen molar-refractivity contribution in [1.29, 1.82) is 0 Å². The molecule has 0 amide bonds. The molecule has 35 heavy (non-hydrogen) atoms. The predicted octanol–water partition coefficient (Wildman–Crippen LogP) is 3.65. The topological polar surface area (TPSA) is 92.0 Å². The van der Waals surface area contributed by atoms with Crippen LogP contribution in [-0.4, -0.2) is 18.7 Å². The van der Waals surface area contributed by atoms with Crippen molar-refractivity contribution in [3.8, 4) is 22.8 Å². The third-order valence-corrected chi connectivity index (χ3v) is 5.96. The molecule has 8 nitrogen and oxygen atoms in total. The number of nitrogens with zero attached hydrogens (tertiary/aromatic N) is 4. The molecule has 0 fully saturated rings. The molecular weight excluding hydrogens is 444 g/mol. The second-order valence-corrected chi connectivity index (χ2v) is 8.06. The molecule has 0 aliphatic rings. The molecule has 0 atom stereocenters. The third-order valence-electron chi connectivity index (χ3n) is 5.96. The molecular formula is C27H18N4O4. The SMILES string of the molecule is Cn1c(=O)c2nc(-c3ccccc3)oc2c2c(=O)n(-c3ccccc3)c(=O)n(-c3ccccc3)c21. The van der Waals surface area contributed by atoms with Gasteiger partial charge in [0.25, 0.3) is 11.1 Å². The predicted molar refractivity (Wildman–Crippen MR) is 133 cm³/mol. The van der Waals surface area contributed by atoms with Crippen LogP contribution in [0, 0.1) is 0 Å². The number of fused-ring (bicyclic) bond motifs is 3. The Labute approximate surface area is 197 Å². The molecule has 3 aromatic heterocycles. The number of rotatable bonds is 3. The Bertz CT molecular complexity index is 1900. The van der Waals surface area contributed by atoms with E-state index in [4.69, 9.17) is 4.42 Å². The van der Waals surface area contributed by atoms with Crippen molar-refractivity contribution in [3.63, 3.8) is 0 Å². The van der Waals surface area contributed by atoms with Crippen molar-refractivity contribution < 1.29 is 4.42 Å². The van der Waals surface area contributed by atoms with Crippen LogP contribution in [0.4, 0.5) is 0 Å². The van der Waals surface area contributed by atoms with Gasteiger partial charge in [-0.05, 0) is 36.4 Å². The highest BCUT2D eigenvalue weighted by molar-refractivity contribution is 6.00. The maximum atomic E-state index is 13.9. The number of hydrogen-bond acceptors (Lipinski definition) is 5. The zero-order chi connectivity index (χ0) is 24.1. The maximum Gasteiger partial charge on any atom is 0.341 e. The summed E-state index contributed by atoms with van der Waals surface area (Å²) in [6.45, 7) is 0. The monoisotopic (exact) mass is 462 g/mol. The van der Waals surface area contributed by atoms with Gasteiger partial charge in [0.05, 0.1) is 11.4 Å². The van der Waals surface area contributed by atoms with Gasteiger partial charge in [0.1, 0.15) is 11.0 Å². The lowest BCUT2D eigenvalue weighted by Crippen LogP contribution is -2.40. The number of pyridine rings is 1. The molecule has 6 aromatic rings. The highest BCUT2D eigenvalue weighted by Gasteiger charge is 2.25.